The van der Waals surface area contributed by atoms with Crippen LogP contribution in [0, 0.1) is 0 Å². The second-order valence-electron chi connectivity index (χ2n) is 5.73. The standard InChI is InChI=1S/C20H13N3O4/c24-18-16(12-15-6-7-17(27-15)13-4-2-1-3-5-13)19(25)23(20(26)22-18)14-8-10-21-11-9-14/h1-12H,(H,22,24,26)/b16-12+. The summed E-state index contributed by atoms with van der Waals surface area (Å²) in [5.41, 5.74) is 0.992. The molecule has 1 fully saturated rings. The fraction of sp³-hybridized carbons (Fsp3) is 0. The first-order chi connectivity index (χ1) is 13.1. The highest BCUT2D eigenvalue weighted by molar-refractivity contribution is 6.39. The van der Waals surface area contributed by atoms with Crippen LogP contribution in [0.3, 0.4) is 0 Å². The molecule has 0 aliphatic carbocycles. The highest BCUT2D eigenvalue weighted by Crippen LogP contribution is 2.25. The molecule has 4 rings (SSSR count). The Morgan fingerprint density at radius 1 is 0.926 bits per heavy atom. The SMILES string of the molecule is O=C1NC(=O)N(c2ccncc2)C(=O)/C1=C/c1ccc(-c2ccccc2)o1. The third kappa shape index (κ3) is 3.13. The van der Waals surface area contributed by atoms with Crippen molar-refractivity contribution in [2.45, 2.75) is 0 Å². The maximum absolute atomic E-state index is 12.7. The number of imide groups is 2. The molecule has 1 N–H and O–H groups in total. The van der Waals surface area contributed by atoms with E-state index in [1.165, 1.54) is 30.6 Å². The zero-order valence-corrected chi connectivity index (χ0v) is 14.0. The number of pyridine rings is 1. The maximum atomic E-state index is 12.7. The van der Waals surface area contributed by atoms with E-state index in [1.807, 2.05) is 30.3 Å². The van der Waals surface area contributed by atoms with E-state index in [0.29, 0.717) is 17.2 Å². The summed E-state index contributed by atoms with van der Waals surface area (Å²) in [4.78, 5) is 41.8. The second kappa shape index (κ2) is 6.72. The minimum atomic E-state index is -0.808. The summed E-state index contributed by atoms with van der Waals surface area (Å²) in [5, 5.41) is 2.16. The number of nitrogens with zero attached hydrogens (tertiary/aromatic N) is 2. The maximum Gasteiger partial charge on any atom is 0.335 e. The van der Waals surface area contributed by atoms with Gasteiger partial charge in [-0.15, -0.1) is 0 Å². The minimum absolute atomic E-state index is 0.194. The van der Waals surface area contributed by atoms with E-state index in [9.17, 15) is 14.4 Å². The van der Waals surface area contributed by atoms with Crippen molar-refractivity contribution in [3.8, 4) is 11.3 Å². The minimum Gasteiger partial charge on any atom is -0.457 e. The molecule has 4 amide bonds. The molecule has 0 atom stereocenters. The molecule has 1 aliphatic heterocycles. The van der Waals surface area contributed by atoms with E-state index >= 15 is 0 Å². The summed E-state index contributed by atoms with van der Waals surface area (Å²) in [6, 6.07) is 15.0. The molecule has 2 aromatic heterocycles. The molecule has 7 heteroatoms. The fourth-order valence-electron chi connectivity index (χ4n) is 2.72. The number of nitrogens with one attached hydrogen (secondary N) is 1. The Balaban J connectivity index is 1.68. The van der Waals surface area contributed by atoms with Crippen molar-refractivity contribution in [1.82, 2.24) is 10.3 Å². The second-order valence-corrected chi connectivity index (χ2v) is 5.73. The number of anilines is 1. The van der Waals surface area contributed by atoms with Gasteiger partial charge in [-0.2, -0.15) is 0 Å². The Labute approximate surface area is 153 Å². The average molecular weight is 359 g/mol. The fourth-order valence-corrected chi connectivity index (χ4v) is 2.72. The van der Waals surface area contributed by atoms with Crippen LogP contribution in [0.25, 0.3) is 17.4 Å². The average Bonchev–Trinajstić information content (AvgIpc) is 3.15. The van der Waals surface area contributed by atoms with Gasteiger partial charge in [-0.05, 0) is 30.3 Å². The number of furan rings is 1. The zero-order valence-electron chi connectivity index (χ0n) is 14.0. The predicted molar refractivity (Wildman–Crippen MR) is 97.4 cm³/mol. The molecular weight excluding hydrogens is 346 g/mol. The number of hydrogen-bond donors (Lipinski definition) is 1. The summed E-state index contributed by atoms with van der Waals surface area (Å²) in [6.07, 6.45) is 4.23. The van der Waals surface area contributed by atoms with Gasteiger partial charge >= 0.3 is 6.03 Å². The molecule has 0 saturated carbocycles. The molecule has 132 valence electrons. The normalized spacial score (nSPS) is 15.9. The van der Waals surface area contributed by atoms with Gasteiger partial charge in [0, 0.05) is 18.0 Å². The molecule has 0 spiro atoms. The molecule has 3 aromatic rings. The first kappa shape index (κ1) is 16.5. The highest BCUT2D eigenvalue weighted by Gasteiger charge is 2.37. The van der Waals surface area contributed by atoms with Gasteiger partial charge in [0.15, 0.2) is 0 Å². The van der Waals surface area contributed by atoms with E-state index in [2.05, 4.69) is 10.3 Å². The van der Waals surface area contributed by atoms with Gasteiger partial charge < -0.3 is 4.42 Å². The largest absolute Gasteiger partial charge is 0.457 e. The number of carbonyl (C=O) groups is 3. The number of benzene rings is 1. The number of rotatable bonds is 3. The molecule has 0 bridgehead atoms. The van der Waals surface area contributed by atoms with Gasteiger partial charge in [-0.3, -0.25) is 19.9 Å². The van der Waals surface area contributed by atoms with E-state index in [-0.39, 0.29) is 5.57 Å². The number of aromatic nitrogens is 1. The third-order valence-electron chi connectivity index (χ3n) is 3.99. The molecule has 0 radical (unpaired) electrons. The van der Waals surface area contributed by atoms with Gasteiger partial charge in [0.1, 0.15) is 17.1 Å². The highest BCUT2D eigenvalue weighted by atomic mass is 16.3. The van der Waals surface area contributed by atoms with Gasteiger partial charge in [0.25, 0.3) is 11.8 Å². The summed E-state index contributed by atoms with van der Waals surface area (Å²) < 4.78 is 5.71. The number of hydrogen-bond acceptors (Lipinski definition) is 5. The number of carbonyl (C=O) groups excluding carboxylic acids is 3. The van der Waals surface area contributed by atoms with E-state index in [4.69, 9.17) is 4.42 Å². The lowest BCUT2D eigenvalue weighted by Crippen LogP contribution is -2.54. The van der Waals surface area contributed by atoms with Gasteiger partial charge in [-0.1, -0.05) is 30.3 Å². The topological polar surface area (TPSA) is 92.5 Å². The van der Waals surface area contributed by atoms with Crippen molar-refractivity contribution >= 4 is 29.6 Å². The summed E-state index contributed by atoms with van der Waals surface area (Å²) in [5.74, 6) is -0.565. The number of barbiturate groups is 1. The number of amides is 4. The van der Waals surface area contributed by atoms with Crippen molar-refractivity contribution < 1.29 is 18.8 Å². The summed E-state index contributed by atoms with van der Waals surface area (Å²) in [7, 11) is 0. The Kier molecular flexibility index (Phi) is 4.10. The number of urea groups is 1. The quantitative estimate of drug-likeness (QED) is 0.573. The molecule has 1 aromatic carbocycles. The Morgan fingerprint density at radius 2 is 1.67 bits per heavy atom. The smallest absolute Gasteiger partial charge is 0.335 e. The van der Waals surface area contributed by atoms with Crippen LogP contribution in [-0.4, -0.2) is 22.8 Å². The summed E-state index contributed by atoms with van der Waals surface area (Å²) >= 11 is 0. The lowest BCUT2D eigenvalue weighted by atomic mass is 10.1. The zero-order chi connectivity index (χ0) is 18.8. The van der Waals surface area contributed by atoms with Crippen LogP contribution in [0.15, 0.2) is 77.0 Å². The van der Waals surface area contributed by atoms with Crippen molar-refractivity contribution in [3.05, 3.63) is 78.3 Å². The molecule has 7 nitrogen and oxygen atoms in total. The Hall–Kier alpha value is -4.00. The van der Waals surface area contributed by atoms with Crippen molar-refractivity contribution in [3.63, 3.8) is 0 Å². The first-order valence-electron chi connectivity index (χ1n) is 8.10. The van der Waals surface area contributed by atoms with Gasteiger partial charge in [0.05, 0.1) is 5.69 Å². The van der Waals surface area contributed by atoms with Crippen LogP contribution in [0.4, 0.5) is 10.5 Å². The lowest BCUT2D eigenvalue weighted by Gasteiger charge is -2.25. The lowest BCUT2D eigenvalue weighted by molar-refractivity contribution is -0.122. The van der Waals surface area contributed by atoms with Gasteiger partial charge in [0.2, 0.25) is 0 Å². The van der Waals surface area contributed by atoms with E-state index < -0.39 is 17.8 Å². The summed E-state index contributed by atoms with van der Waals surface area (Å²) in [6.45, 7) is 0. The predicted octanol–water partition coefficient (Wildman–Crippen LogP) is 3.01. The Bertz CT molecular complexity index is 1060. The first-order valence-corrected chi connectivity index (χ1v) is 8.10. The van der Waals surface area contributed by atoms with Crippen LogP contribution in [0.1, 0.15) is 5.76 Å². The van der Waals surface area contributed by atoms with Crippen molar-refractivity contribution in [2.75, 3.05) is 4.90 Å². The molecule has 3 heterocycles. The van der Waals surface area contributed by atoms with Crippen molar-refractivity contribution in [1.29, 1.82) is 0 Å². The molecule has 27 heavy (non-hydrogen) atoms. The van der Waals surface area contributed by atoms with Crippen LogP contribution in [0.2, 0.25) is 0 Å². The van der Waals surface area contributed by atoms with Crippen LogP contribution < -0.4 is 10.2 Å². The molecule has 0 unspecified atom stereocenters. The van der Waals surface area contributed by atoms with Crippen molar-refractivity contribution in [2.24, 2.45) is 0 Å². The monoisotopic (exact) mass is 359 g/mol. The molecule has 1 aliphatic rings. The Morgan fingerprint density at radius 3 is 2.41 bits per heavy atom. The molecular formula is C20H13N3O4. The van der Waals surface area contributed by atoms with Gasteiger partial charge in [-0.25, -0.2) is 9.69 Å². The van der Waals surface area contributed by atoms with Crippen LogP contribution in [-0.2, 0) is 9.59 Å². The van der Waals surface area contributed by atoms with E-state index in [1.54, 1.807) is 12.1 Å². The third-order valence-corrected chi connectivity index (χ3v) is 3.99. The molecule has 1 saturated heterocycles. The van der Waals surface area contributed by atoms with Crippen LogP contribution in [0.5, 0.6) is 0 Å². The van der Waals surface area contributed by atoms with E-state index in [0.717, 1.165) is 10.5 Å². The van der Waals surface area contributed by atoms with Crippen LogP contribution >= 0.6 is 0 Å².